The molecule has 1 N–H and O–H groups in total. The van der Waals surface area contributed by atoms with Gasteiger partial charge in [-0.3, -0.25) is 9.69 Å². The molecule has 2 amide bonds. The highest BCUT2D eigenvalue weighted by Crippen LogP contribution is 2.33. The molecule has 2 aliphatic rings. The number of para-hydroxylation sites is 1. The SMILES string of the molecule is CCN1CCC[C@H]1CNC(=O)c1cnn(-c2ccccc2)c1C1CCN(C(=O)OC(C)(C)C)CC1. The van der Waals surface area contributed by atoms with Gasteiger partial charge in [-0.15, -0.1) is 0 Å². The molecule has 4 rings (SSSR count). The molecule has 0 bridgehead atoms. The largest absolute Gasteiger partial charge is 0.444 e. The highest BCUT2D eigenvalue weighted by atomic mass is 16.6. The Balaban J connectivity index is 1.52. The zero-order valence-electron chi connectivity index (χ0n) is 21.5. The van der Waals surface area contributed by atoms with Crippen LogP contribution in [0.25, 0.3) is 5.69 Å². The second kappa shape index (κ2) is 10.8. The molecule has 35 heavy (non-hydrogen) atoms. The van der Waals surface area contributed by atoms with Crippen LogP contribution in [-0.4, -0.2) is 75.9 Å². The molecule has 2 aromatic rings. The Morgan fingerprint density at radius 3 is 2.46 bits per heavy atom. The van der Waals surface area contributed by atoms with Gasteiger partial charge in [0.2, 0.25) is 0 Å². The molecule has 190 valence electrons. The summed E-state index contributed by atoms with van der Waals surface area (Å²) in [6, 6.07) is 10.3. The van der Waals surface area contributed by atoms with Crippen molar-refractivity contribution in [1.82, 2.24) is 24.9 Å². The van der Waals surface area contributed by atoms with Gasteiger partial charge in [-0.25, -0.2) is 9.48 Å². The highest BCUT2D eigenvalue weighted by molar-refractivity contribution is 5.95. The molecule has 1 atom stereocenters. The van der Waals surface area contributed by atoms with Crippen molar-refractivity contribution in [3.8, 4) is 5.69 Å². The van der Waals surface area contributed by atoms with Gasteiger partial charge in [0.1, 0.15) is 5.60 Å². The fraction of sp³-hybridized carbons (Fsp3) is 0.593. The maximum atomic E-state index is 13.4. The van der Waals surface area contributed by atoms with E-state index in [2.05, 4.69) is 22.2 Å². The zero-order chi connectivity index (χ0) is 25.0. The molecule has 0 spiro atoms. The highest BCUT2D eigenvalue weighted by Gasteiger charge is 2.32. The third kappa shape index (κ3) is 6.04. The first-order valence-electron chi connectivity index (χ1n) is 12.9. The van der Waals surface area contributed by atoms with Crippen molar-refractivity contribution in [3.05, 3.63) is 47.8 Å². The molecule has 1 aromatic carbocycles. The van der Waals surface area contributed by atoms with Gasteiger partial charge in [-0.2, -0.15) is 5.10 Å². The van der Waals surface area contributed by atoms with Gasteiger partial charge >= 0.3 is 6.09 Å². The summed E-state index contributed by atoms with van der Waals surface area (Å²) in [5.74, 6) is 0.0514. The van der Waals surface area contributed by atoms with E-state index in [1.165, 1.54) is 6.42 Å². The first-order valence-corrected chi connectivity index (χ1v) is 12.9. The first kappa shape index (κ1) is 25.2. The van der Waals surface area contributed by atoms with Crippen LogP contribution in [0, 0.1) is 0 Å². The predicted octanol–water partition coefficient (Wildman–Crippen LogP) is 4.20. The Bertz CT molecular complexity index is 1010. The standard InChI is InChI=1S/C27H39N5O3/c1-5-30-15-9-12-22(30)18-28-25(33)23-19-29-32(21-10-7-6-8-11-21)24(23)20-13-16-31(17-14-20)26(34)35-27(2,3)4/h6-8,10-11,19-20,22H,5,9,12-18H2,1-4H3,(H,28,33)/t22-/m0/s1. The minimum atomic E-state index is -0.516. The summed E-state index contributed by atoms with van der Waals surface area (Å²) in [5, 5.41) is 7.82. The number of aromatic nitrogens is 2. The number of rotatable bonds is 6. The van der Waals surface area contributed by atoms with Gasteiger partial charge in [-0.1, -0.05) is 25.1 Å². The average Bonchev–Trinajstić information content (AvgIpc) is 3.49. The Morgan fingerprint density at radius 2 is 1.80 bits per heavy atom. The summed E-state index contributed by atoms with van der Waals surface area (Å²) in [4.78, 5) is 30.1. The lowest BCUT2D eigenvalue weighted by Gasteiger charge is -2.34. The molecular weight excluding hydrogens is 442 g/mol. The Morgan fingerprint density at radius 1 is 1.09 bits per heavy atom. The molecule has 8 heteroatoms. The Hall–Kier alpha value is -2.87. The maximum Gasteiger partial charge on any atom is 0.410 e. The lowest BCUT2D eigenvalue weighted by molar-refractivity contribution is 0.0203. The van der Waals surface area contributed by atoms with Crippen LogP contribution >= 0.6 is 0 Å². The Labute approximate surface area is 208 Å². The topological polar surface area (TPSA) is 79.7 Å². The van der Waals surface area contributed by atoms with E-state index in [9.17, 15) is 9.59 Å². The van der Waals surface area contributed by atoms with E-state index in [1.54, 1.807) is 11.1 Å². The molecule has 2 fully saturated rings. The zero-order valence-corrected chi connectivity index (χ0v) is 21.5. The van der Waals surface area contributed by atoms with E-state index in [1.807, 2.05) is 55.8 Å². The van der Waals surface area contributed by atoms with Crippen LogP contribution < -0.4 is 5.32 Å². The predicted molar refractivity (Wildman–Crippen MR) is 136 cm³/mol. The van der Waals surface area contributed by atoms with E-state index >= 15 is 0 Å². The van der Waals surface area contributed by atoms with E-state index in [0.717, 1.165) is 43.7 Å². The van der Waals surface area contributed by atoms with Crippen LogP contribution in [-0.2, 0) is 4.74 Å². The molecule has 0 saturated carbocycles. The quantitative estimate of drug-likeness (QED) is 0.669. The van der Waals surface area contributed by atoms with Crippen molar-refractivity contribution in [3.63, 3.8) is 0 Å². The Kier molecular flexibility index (Phi) is 7.79. The average molecular weight is 482 g/mol. The molecule has 2 saturated heterocycles. The second-order valence-corrected chi connectivity index (χ2v) is 10.6. The summed E-state index contributed by atoms with van der Waals surface area (Å²) >= 11 is 0. The number of carbonyl (C=O) groups is 2. The van der Waals surface area contributed by atoms with E-state index < -0.39 is 5.60 Å². The third-order valence-corrected chi connectivity index (χ3v) is 6.99. The van der Waals surface area contributed by atoms with Gasteiger partial charge < -0.3 is 15.0 Å². The van der Waals surface area contributed by atoms with E-state index in [0.29, 0.717) is 31.2 Å². The normalized spacial score (nSPS) is 19.7. The van der Waals surface area contributed by atoms with E-state index in [4.69, 9.17) is 4.74 Å². The lowest BCUT2D eigenvalue weighted by atomic mass is 9.90. The fourth-order valence-corrected chi connectivity index (χ4v) is 5.21. The summed E-state index contributed by atoms with van der Waals surface area (Å²) < 4.78 is 7.46. The van der Waals surface area contributed by atoms with Gasteiger partial charge in [0.15, 0.2) is 0 Å². The van der Waals surface area contributed by atoms with Gasteiger partial charge in [0.05, 0.1) is 23.1 Å². The number of nitrogens with one attached hydrogen (secondary N) is 1. The number of likely N-dealkylation sites (N-methyl/N-ethyl adjacent to an activating group) is 1. The number of hydrogen-bond acceptors (Lipinski definition) is 5. The van der Waals surface area contributed by atoms with Crippen LogP contribution in [0.15, 0.2) is 36.5 Å². The van der Waals surface area contributed by atoms with Crippen LogP contribution in [0.3, 0.4) is 0 Å². The van der Waals surface area contributed by atoms with Crippen LogP contribution in [0.4, 0.5) is 4.79 Å². The van der Waals surface area contributed by atoms with E-state index in [-0.39, 0.29) is 17.9 Å². The molecule has 0 aliphatic carbocycles. The van der Waals surface area contributed by atoms with Crippen molar-refractivity contribution in [1.29, 1.82) is 0 Å². The molecule has 3 heterocycles. The van der Waals surface area contributed by atoms with Crippen molar-refractivity contribution in [2.24, 2.45) is 0 Å². The minimum Gasteiger partial charge on any atom is -0.444 e. The number of benzene rings is 1. The summed E-state index contributed by atoms with van der Waals surface area (Å²) in [5.41, 5.74) is 1.98. The number of piperidine rings is 1. The molecule has 8 nitrogen and oxygen atoms in total. The second-order valence-electron chi connectivity index (χ2n) is 10.6. The number of ether oxygens (including phenoxy) is 1. The summed E-state index contributed by atoms with van der Waals surface area (Å²) in [6.07, 6.45) is 5.23. The molecular formula is C27H39N5O3. The van der Waals surface area contributed by atoms with Crippen molar-refractivity contribution < 1.29 is 14.3 Å². The smallest absolute Gasteiger partial charge is 0.410 e. The molecule has 1 aromatic heterocycles. The van der Waals surface area contributed by atoms with Crippen molar-refractivity contribution in [2.75, 3.05) is 32.7 Å². The minimum absolute atomic E-state index is 0.0697. The van der Waals surface area contributed by atoms with Gasteiger partial charge in [-0.05, 0) is 71.7 Å². The lowest BCUT2D eigenvalue weighted by Crippen LogP contribution is -2.42. The van der Waals surface area contributed by atoms with Crippen molar-refractivity contribution >= 4 is 12.0 Å². The number of hydrogen-bond donors (Lipinski definition) is 1. The van der Waals surface area contributed by atoms with Crippen LogP contribution in [0.5, 0.6) is 0 Å². The number of amides is 2. The number of carbonyl (C=O) groups excluding carboxylic acids is 2. The number of likely N-dealkylation sites (tertiary alicyclic amines) is 2. The summed E-state index contributed by atoms with van der Waals surface area (Å²) in [7, 11) is 0. The maximum absolute atomic E-state index is 13.4. The van der Waals surface area contributed by atoms with Crippen LogP contribution in [0.1, 0.15) is 75.3 Å². The fourth-order valence-electron chi connectivity index (χ4n) is 5.21. The van der Waals surface area contributed by atoms with Crippen molar-refractivity contribution in [2.45, 2.75) is 70.9 Å². The van der Waals surface area contributed by atoms with Crippen LogP contribution in [0.2, 0.25) is 0 Å². The molecule has 2 aliphatic heterocycles. The monoisotopic (exact) mass is 481 g/mol. The van der Waals surface area contributed by atoms with Gasteiger partial charge in [0, 0.05) is 31.6 Å². The number of nitrogens with zero attached hydrogens (tertiary/aromatic N) is 4. The first-order chi connectivity index (χ1) is 16.8. The van der Waals surface area contributed by atoms with Gasteiger partial charge in [0.25, 0.3) is 5.91 Å². The third-order valence-electron chi connectivity index (χ3n) is 6.99. The molecule has 0 unspecified atom stereocenters. The summed E-state index contributed by atoms with van der Waals surface area (Å²) in [6.45, 7) is 11.8. The molecule has 0 radical (unpaired) electrons.